The molecular weight excluding hydrogens is 308 g/mol. The molecule has 2 aliphatic heterocycles. The summed E-state index contributed by atoms with van der Waals surface area (Å²) < 4.78 is 7.71. The van der Waals surface area contributed by atoms with Gasteiger partial charge in [0.1, 0.15) is 11.6 Å². The number of amides is 1. The van der Waals surface area contributed by atoms with Gasteiger partial charge in [-0.05, 0) is 25.7 Å². The molecule has 4 rings (SSSR count). The molecule has 0 saturated carbocycles. The van der Waals surface area contributed by atoms with E-state index in [1.165, 1.54) is 0 Å². The molecule has 0 radical (unpaired) electrons. The predicted molar refractivity (Wildman–Crippen MR) is 85.6 cm³/mol. The highest BCUT2D eigenvalue weighted by molar-refractivity contribution is 5.90. The lowest BCUT2D eigenvalue weighted by molar-refractivity contribution is 0.0826. The van der Waals surface area contributed by atoms with E-state index < -0.39 is 0 Å². The van der Waals surface area contributed by atoms with Crippen molar-refractivity contribution in [2.75, 3.05) is 13.2 Å². The third-order valence-corrected chi connectivity index (χ3v) is 4.91. The first-order chi connectivity index (χ1) is 11.8. The molecule has 1 atom stereocenters. The zero-order valence-electron chi connectivity index (χ0n) is 13.6. The Labute approximate surface area is 140 Å². The number of carbonyl (C=O) groups excluding carboxylic acids is 1. The number of aryl methyl sites for hydroxylation is 1. The molecule has 8 nitrogen and oxygen atoms in total. The largest absolute Gasteiger partial charge is 0.381 e. The molecule has 2 aliphatic rings. The molecule has 8 heteroatoms. The molecule has 0 aromatic carbocycles. The summed E-state index contributed by atoms with van der Waals surface area (Å²) >= 11 is 0. The van der Waals surface area contributed by atoms with E-state index in [0.717, 1.165) is 63.5 Å². The normalized spacial score (nSPS) is 21.9. The van der Waals surface area contributed by atoms with Gasteiger partial charge in [-0.2, -0.15) is 0 Å². The average Bonchev–Trinajstić information content (AvgIpc) is 3.24. The first kappa shape index (κ1) is 15.3. The third-order valence-electron chi connectivity index (χ3n) is 4.91. The monoisotopic (exact) mass is 330 g/mol. The van der Waals surface area contributed by atoms with E-state index in [2.05, 4.69) is 30.0 Å². The summed E-state index contributed by atoms with van der Waals surface area (Å²) in [4.78, 5) is 19.0. The Kier molecular flexibility index (Phi) is 4.29. The Hall–Kier alpha value is -2.22. The van der Waals surface area contributed by atoms with Crippen molar-refractivity contribution < 1.29 is 9.53 Å². The van der Waals surface area contributed by atoms with E-state index in [0.29, 0.717) is 11.7 Å². The van der Waals surface area contributed by atoms with Gasteiger partial charge in [0.15, 0.2) is 5.82 Å². The topological polar surface area (TPSA) is 97.7 Å². The van der Waals surface area contributed by atoms with Crippen molar-refractivity contribution >= 4 is 5.91 Å². The van der Waals surface area contributed by atoms with Crippen LogP contribution in [0.1, 0.15) is 53.9 Å². The van der Waals surface area contributed by atoms with E-state index in [-0.39, 0.29) is 11.9 Å². The zero-order valence-corrected chi connectivity index (χ0v) is 13.6. The maximum atomic E-state index is 12.2. The number of carbonyl (C=O) groups is 1. The Bertz CT molecular complexity index is 689. The van der Waals surface area contributed by atoms with E-state index >= 15 is 0 Å². The Balaban J connectivity index is 1.42. The standard InChI is InChI=1S/C16H22N6O2/c23-16(14-17-6-7-18-14)19-12-1-2-13-20-21-15(22(13)8-3-12)11-4-9-24-10-5-11/h6-7,11-12H,1-5,8-10H2,(H,17,18)(H,19,23). The van der Waals surface area contributed by atoms with Crippen LogP contribution in [0.5, 0.6) is 0 Å². The van der Waals surface area contributed by atoms with E-state index in [9.17, 15) is 4.79 Å². The van der Waals surface area contributed by atoms with Gasteiger partial charge in [-0.1, -0.05) is 0 Å². The zero-order chi connectivity index (χ0) is 16.4. The van der Waals surface area contributed by atoms with Gasteiger partial charge in [0, 0.05) is 50.5 Å². The van der Waals surface area contributed by atoms with Crippen LogP contribution in [0.4, 0.5) is 0 Å². The summed E-state index contributed by atoms with van der Waals surface area (Å²) in [7, 11) is 0. The molecule has 1 fully saturated rings. The quantitative estimate of drug-likeness (QED) is 0.876. The van der Waals surface area contributed by atoms with Crippen LogP contribution in [0.3, 0.4) is 0 Å². The number of ether oxygens (including phenoxy) is 1. The maximum Gasteiger partial charge on any atom is 0.287 e. The summed E-state index contributed by atoms with van der Waals surface area (Å²) in [6.07, 6.45) is 7.85. The fourth-order valence-electron chi connectivity index (χ4n) is 3.56. The second kappa shape index (κ2) is 6.72. The lowest BCUT2D eigenvalue weighted by Crippen LogP contribution is -2.35. The molecule has 4 heterocycles. The molecule has 1 unspecified atom stereocenters. The minimum absolute atomic E-state index is 0.131. The SMILES string of the molecule is O=C(NC1CCc2nnc(C3CCOCC3)n2CC1)c1ncc[nH]1. The highest BCUT2D eigenvalue weighted by atomic mass is 16.5. The van der Waals surface area contributed by atoms with Gasteiger partial charge in [-0.3, -0.25) is 4.79 Å². The number of hydrogen-bond donors (Lipinski definition) is 2. The van der Waals surface area contributed by atoms with Gasteiger partial charge in [0.25, 0.3) is 5.91 Å². The van der Waals surface area contributed by atoms with Crippen molar-refractivity contribution in [3.63, 3.8) is 0 Å². The Morgan fingerprint density at radius 2 is 2.12 bits per heavy atom. The molecule has 1 amide bonds. The van der Waals surface area contributed by atoms with Crippen molar-refractivity contribution in [1.82, 2.24) is 30.0 Å². The van der Waals surface area contributed by atoms with Crippen molar-refractivity contribution in [3.05, 3.63) is 29.9 Å². The summed E-state index contributed by atoms with van der Waals surface area (Å²) in [6, 6.07) is 0.131. The lowest BCUT2D eigenvalue weighted by atomic mass is 9.99. The Morgan fingerprint density at radius 3 is 2.92 bits per heavy atom. The second-order valence-corrected chi connectivity index (χ2v) is 6.45. The van der Waals surface area contributed by atoms with Crippen LogP contribution in [0.2, 0.25) is 0 Å². The highest BCUT2D eigenvalue weighted by Gasteiger charge is 2.26. The number of fused-ring (bicyclic) bond motifs is 1. The van der Waals surface area contributed by atoms with Gasteiger partial charge < -0.3 is 19.6 Å². The number of nitrogens with zero attached hydrogens (tertiary/aromatic N) is 4. The average molecular weight is 330 g/mol. The minimum Gasteiger partial charge on any atom is -0.381 e. The van der Waals surface area contributed by atoms with Gasteiger partial charge >= 0.3 is 0 Å². The van der Waals surface area contributed by atoms with Crippen molar-refractivity contribution in [1.29, 1.82) is 0 Å². The fourth-order valence-corrected chi connectivity index (χ4v) is 3.56. The number of imidazole rings is 1. The molecule has 0 bridgehead atoms. The van der Waals surface area contributed by atoms with Crippen LogP contribution in [-0.4, -0.2) is 49.9 Å². The molecule has 1 saturated heterocycles. The molecule has 2 aromatic heterocycles. The fraction of sp³-hybridized carbons (Fsp3) is 0.625. The number of rotatable bonds is 3. The van der Waals surface area contributed by atoms with Gasteiger partial charge in [0.05, 0.1) is 0 Å². The van der Waals surface area contributed by atoms with Gasteiger partial charge in [-0.25, -0.2) is 4.98 Å². The van der Waals surface area contributed by atoms with Crippen molar-refractivity contribution in [2.45, 2.75) is 50.6 Å². The van der Waals surface area contributed by atoms with Crippen LogP contribution in [-0.2, 0) is 17.7 Å². The highest BCUT2D eigenvalue weighted by Crippen LogP contribution is 2.27. The molecule has 128 valence electrons. The summed E-state index contributed by atoms with van der Waals surface area (Å²) in [5.74, 6) is 2.78. The second-order valence-electron chi connectivity index (χ2n) is 6.45. The number of aromatic amines is 1. The maximum absolute atomic E-state index is 12.2. The molecule has 2 aromatic rings. The van der Waals surface area contributed by atoms with Gasteiger partial charge in [-0.15, -0.1) is 10.2 Å². The summed E-state index contributed by atoms with van der Waals surface area (Å²) in [5, 5.41) is 11.9. The van der Waals surface area contributed by atoms with Crippen molar-refractivity contribution in [2.24, 2.45) is 0 Å². The van der Waals surface area contributed by atoms with Crippen LogP contribution >= 0.6 is 0 Å². The number of hydrogen-bond acceptors (Lipinski definition) is 5. The number of nitrogens with one attached hydrogen (secondary N) is 2. The molecular formula is C16H22N6O2. The van der Waals surface area contributed by atoms with Crippen molar-refractivity contribution in [3.8, 4) is 0 Å². The molecule has 24 heavy (non-hydrogen) atoms. The smallest absolute Gasteiger partial charge is 0.287 e. The first-order valence-electron chi connectivity index (χ1n) is 8.61. The Morgan fingerprint density at radius 1 is 1.25 bits per heavy atom. The van der Waals surface area contributed by atoms with E-state index in [1.54, 1.807) is 12.4 Å². The lowest BCUT2D eigenvalue weighted by Gasteiger charge is -2.22. The van der Waals surface area contributed by atoms with Gasteiger partial charge in [0.2, 0.25) is 0 Å². The first-order valence-corrected chi connectivity index (χ1v) is 8.61. The summed E-state index contributed by atoms with van der Waals surface area (Å²) in [5.41, 5.74) is 0. The van der Waals surface area contributed by atoms with Crippen LogP contribution in [0.25, 0.3) is 0 Å². The molecule has 0 aliphatic carbocycles. The van der Waals surface area contributed by atoms with E-state index in [4.69, 9.17) is 4.74 Å². The van der Waals surface area contributed by atoms with Crippen LogP contribution in [0, 0.1) is 0 Å². The number of aromatic nitrogens is 5. The number of H-pyrrole nitrogens is 1. The van der Waals surface area contributed by atoms with Crippen LogP contribution in [0.15, 0.2) is 12.4 Å². The molecule has 2 N–H and O–H groups in total. The minimum atomic E-state index is -0.146. The third kappa shape index (κ3) is 3.06. The van der Waals surface area contributed by atoms with E-state index in [1.807, 2.05) is 0 Å². The van der Waals surface area contributed by atoms with Crippen LogP contribution < -0.4 is 5.32 Å². The molecule has 0 spiro atoms. The summed E-state index contributed by atoms with van der Waals surface area (Å²) in [6.45, 7) is 2.45. The predicted octanol–water partition coefficient (Wildman–Crippen LogP) is 1.03.